The van der Waals surface area contributed by atoms with Crippen LogP contribution in [0.4, 0.5) is 0 Å². The lowest BCUT2D eigenvalue weighted by atomic mass is 9.92. The Morgan fingerprint density at radius 3 is 2.74 bits per heavy atom. The molecule has 2 heterocycles. The smallest absolute Gasteiger partial charge is 0.303 e. The van der Waals surface area contributed by atoms with E-state index in [1.807, 2.05) is 11.3 Å². The Labute approximate surface area is 126 Å². The van der Waals surface area contributed by atoms with Gasteiger partial charge in [-0.2, -0.15) is 0 Å². The Balaban J connectivity index is 1.75. The predicted molar refractivity (Wildman–Crippen MR) is 81.6 cm³/mol. The maximum Gasteiger partial charge on any atom is 0.303 e. The molecule has 1 aromatic heterocycles. The van der Waals surface area contributed by atoms with Gasteiger partial charge in [0, 0.05) is 27.2 Å². The number of carboxylic acids is 1. The van der Waals surface area contributed by atoms with Crippen LogP contribution in [0.2, 0.25) is 0 Å². The predicted octanol–water partition coefficient (Wildman–Crippen LogP) is 3.90. The number of piperidine rings is 1. The molecule has 106 valence electrons. The first-order valence-corrected chi connectivity index (χ1v) is 8.34. The molecule has 0 spiro atoms. The van der Waals surface area contributed by atoms with Gasteiger partial charge in [-0.1, -0.05) is 0 Å². The summed E-state index contributed by atoms with van der Waals surface area (Å²) in [6.07, 6.45) is 3.44. The summed E-state index contributed by atoms with van der Waals surface area (Å²) < 4.78 is 1.21. The molecule has 0 aliphatic carbocycles. The Kier molecular flexibility index (Phi) is 5.42. The molecule has 2 rings (SSSR count). The Bertz CT molecular complexity index is 419. The zero-order valence-electron chi connectivity index (χ0n) is 11.2. The fraction of sp³-hybridized carbons (Fsp3) is 0.643. The molecule has 5 heteroatoms. The van der Waals surface area contributed by atoms with Crippen molar-refractivity contribution in [1.29, 1.82) is 0 Å². The molecule has 1 N–H and O–H groups in total. The minimum absolute atomic E-state index is 0.321. The maximum absolute atomic E-state index is 10.6. The summed E-state index contributed by atoms with van der Waals surface area (Å²) in [4.78, 5) is 15.8. The summed E-state index contributed by atoms with van der Waals surface area (Å²) in [5.41, 5.74) is 0. The molecule has 0 unspecified atom stereocenters. The molecular weight excluding hydrogens is 326 g/mol. The Hall–Kier alpha value is -0.390. The lowest BCUT2D eigenvalue weighted by molar-refractivity contribution is -0.137. The molecule has 0 amide bonds. The molecule has 1 aliphatic heterocycles. The number of likely N-dealkylation sites (tertiary alicyclic amines) is 1. The standard InChI is InChI=1S/C14H20BrNO2S/c1-10-13(15)8-12(19-10)9-16-6-4-11(5-7-16)2-3-14(17)18/h8,11H,2-7,9H2,1H3,(H,17,18). The van der Waals surface area contributed by atoms with Crippen molar-refractivity contribution >= 4 is 33.2 Å². The quantitative estimate of drug-likeness (QED) is 0.879. The number of thiophene rings is 1. The first-order chi connectivity index (χ1) is 9.04. The number of halogens is 1. The second-order valence-electron chi connectivity index (χ2n) is 5.27. The minimum atomic E-state index is -0.665. The molecule has 1 saturated heterocycles. The number of rotatable bonds is 5. The van der Waals surface area contributed by atoms with E-state index in [0.29, 0.717) is 12.3 Å². The first-order valence-electron chi connectivity index (χ1n) is 6.73. The van der Waals surface area contributed by atoms with E-state index in [-0.39, 0.29) is 0 Å². The molecule has 0 atom stereocenters. The number of carbonyl (C=O) groups is 1. The van der Waals surface area contributed by atoms with Gasteiger partial charge in [0.2, 0.25) is 0 Å². The minimum Gasteiger partial charge on any atom is -0.481 e. The molecule has 0 bridgehead atoms. The van der Waals surface area contributed by atoms with E-state index in [1.165, 1.54) is 14.2 Å². The molecule has 1 fully saturated rings. The van der Waals surface area contributed by atoms with E-state index in [2.05, 4.69) is 33.8 Å². The van der Waals surface area contributed by atoms with Gasteiger partial charge in [-0.3, -0.25) is 9.69 Å². The fourth-order valence-corrected chi connectivity index (χ4v) is 4.22. The van der Waals surface area contributed by atoms with Crippen molar-refractivity contribution in [3.8, 4) is 0 Å². The van der Waals surface area contributed by atoms with Crippen LogP contribution >= 0.6 is 27.3 Å². The van der Waals surface area contributed by atoms with Crippen molar-refractivity contribution < 1.29 is 9.90 Å². The average molecular weight is 346 g/mol. The summed E-state index contributed by atoms with van der Waals surface area (Å²) in [5.74, 6) is -0.0644. The van der Waals surface area contributed by atoms with Crippen LogP contribution in [0.25, 0.3) is 0 Å². The number of hydrogen-bond acceptors (Lipinski definition) is 3. The highest BCUT2D eigenvalue weighted by Crippen LogP contribution is 2.29. The van der Waals surface area contributed by atoms with Crippen molar-refractivity contribution in [2.75, 3.05) is 13.1 Å². The van der Waals surface area contributed by atoms with E-state index in [4.69, 9.17) is 5.11 Å². The van der Waals surface area contributed by atoms with Crippen molar-refractivity contribution in [2.45, 2.75) is 39.2 Å². The van der Waals surface area contributed by atoms with Gasteiger partial charge < -0.3 is 5.11 Å². The van der Waals surface area contributed by atoms with E-state index in [9.17, 15) is 4.79 Å². The lowest BCUT2D eigenvalue weighted by Crippen LogP contribution is -2.33. The zero-order chi connectivity index (χ0) is 13.8. The largest absolute Gasteiger partial charge is 0.481 e. The van der Waals surface area contributed by atoms with Crippen LogP contribution in [-0.4, -0.2) is 29.1 Å². The second kappa shape index (κ2) is 6.86. The third-order valence-corrected chi connectivity index (χ3v) is 5.88. The zero-order valence-corrected chi connectivity index (χ0v) is 13.6. The normalized spacial score (nSPS) is 17.8. The number of nitrogens with zero attached hydrogens (tertiary/aromatic N) is 1. The van der Waals surface area contributed by atoms with E-state index >= 15 is 0 Å². The van der Waals surface area contributed by atoms with Crippen molar-refractivity contribution in [3.63, 3.8) is 0 Å². The third kappa shape index (κ3) is 4.58. The average Bonchev–Trinajstić information content (AvgIpc) is 2.67. The van der Waals surface area contributed by atoms with Crippen LogP contribution in [0.15, 0.2) is 10.5 Å². The van der Waals surface area contributed by atoms with Crippen molar-refractivity contribution in [2.24, 2.45) is 5.92 Å². The topological polar surface area (TPSA) is 40.5 Å². The fourth-order valence-electron chi connectivity index (χ4n) is 2.58. The molecule has 1 aliphatic rings. The van der Waals surface area contributed by atoms with Gasteiger partial charge in [0.05, 0.1) is 0 Å². The molecule has 19 heavy (non-hydrogen) atoms. The van der Waals surface area contributed by atoms with E-state index in [1.54, 1.807) is 0 Å². The van der Waals surface area contributed by atoms with Crippen LogP contribution in [0.1, 0.15) is 35.4 Å². The molecular formula is C14H20BrNO2S. The van der Waals surface area contributed by atoms with Crippen LogP contribution in [0.3, 0.4) is 0 Å². The van der Waals surface area contributed by atoms with Crippen LogP contribution in [0.5, 0.6) is 0 Å². The number of carboxylic acid groups (broad SMARTS) is 1. The number of aliphatic carboxylic acids is 1. The lowest BCUT2D eigenvalue weighted by Gasteiger charge is -2.31. The Morgan fingerprint density at radius 2 is 2.21 bits per heavy atom. The van der Waals surface area contributed by atoms with Gasteiger partial charge in [0.1, 0.15) is 0 Å². The summed E-state index contributed by atoms with van der Waals surface area (Å²) in [6, 6.07) is 2.22. The van der Waals surface area contributed by atoms with Gasteiger partial charge in [-0.25, -0.2) is 0 Å². The monoisotopic (exact) mass is 345 g/mol. The number of aryl methyl sites for hydroxylation is 1. The van der Waals surface area contributed by atoms with E-state index in [0.717, 1.165) is 38.9 Å². The van der Waals surface area contributed by atoms with Crippen LogP contribution in [0, 0.1) is 12.8 Å². The Morgan fingerprint density at radius 1 is 1.53 bits per heavy atom. The summed E-state index contributed by atoms with van der Waals surface area (Å²) in [6.45, 7) is 5.36. The SMILES string of the molecule is Cc1sc(CN2CCC(CCC(=O)O)CC2)cc1Br. The number of hydrogen-bond donors (Lipinski definition) is 1. The molecule has 3 nitrogen and oxygen atoms in total. The molecule has 0 radical (unpaired) electrons. The second-order valence-corrected chi connectivity index (χ2v) is 7.46. The first kappa shape index (κ1) is 15.0. The highest BCUT2D eigenvalue weighted by atomic mass is 79.9. The third-order valence-electron chi connectivity index (χ3n) is 3.76. The maximum atomic E-state index is 10.6. The van der Waals surface area contributed by atoms with Gasteiger partial charge >= 0.3 is 5.97 Å². The molecule has 1 aromatic rings. The summed E-state index contributed by atoms with van der Waals surface area (Å²) in [7, 11) is 0. The van der Waals surface area contributed by atoms with Crippen LogP contribution in [-0.2, 0) is 11.3 Å². The highest BCUT2D eigenvalue weighted by molar-refractivity contribution is 9.10. The van der Waals surface area contributed by atoms with Gasteiger partial charge in [0.15, 0.2) is 0 Å². The van der Waals surface area contributed by atoms with Gasteiger partial charge in [-0.05, 0) is 67.2 Å². The van der Waals surface area contributed by atoms with Crippen molar-refractivity contribution in [1.82, 2.24) is 4.90 Å². The van der Waals surface area contributed by atoms with Crippen LogP contribution < -0.4 is 0 Å². The molecule has 0 saturated carbocycles. The van der Waals surface area contributed by atoms with Gasteiger partial charge in [-0.15, -0.1) is 11.3 Å². The van der Waals surface area contributed by atoms with Gasteiger partial charge in [0.25, 0.3) is 0 Å². The molecule has 0 aromatic carbocycles. The van der Waals surface area contributed by atoms with Crippen molar-refractivity contribution in [3.05, 3.63) is 20.3 Å². The summed E-state index contributed by atoms with van der Waals surface area (Å²) >= 11 is 5.42. The van der Waals surface area contributed by atoms with E-state index < -0.39 is 5.97 Å². The summed E-state index contributed by atoms with van der Waals surface area (Å²) in [5, 5.41) is 8.71. The highest BCUT2D eigenvalue weighted by Gasteiger charge is 2.20.